The predicted molar refractivity (Wildman–Crippen MR) is 518 cm³/mol. The fourth-order valence-corrected chi connectivity index (χ4v) is 25.0. The second kappa shape index (κ2) is 44.6. The molecule has 6 atom stereocenters. The van der Waals surface area contributed by atoms with Crippen LogP contribution in [0.4, 0.5) is 0 Å². The Morgan fingerprint density at radius 2 is 0.658 bits per heavy atom. The number of fused-ring (bicyclic) bond motifs is 8. The lowest BCUT2D eigenvalue weighted by molar-refractivity contribution is -0.148. The third-order valence-electron chi connectivity index (χ3n) is 30.0. The summed E-state index contributed by atoms with van der Waals surface area (Å²) in [6.45, 7) is 74.5. The van der Waals surface area contributed by atoms with Crippen LogP contribution in [0.5, 0.6) is 0 Å². The minimum atomic E-state index is -0.293. The van der Waals surface area contributed by atoms with Gasteiger partial charge in [0.15, 0.2) is 0 Å². The standard InChI is InChI=1S/C31H30.C19H24.C18H32.C17H36.C16H28.C15H33N/c1-21(2)23-13-17-25(18-14-23)31(26-19-15-24(16-20-26)22(3)4)29-11-7-5-9-27(29)28-10-6-8-12-30(28)31;1-14(2)18-9-5-16(6-10-18)13-17-7-11-19(12-8-17)15(3)4;1-11(2)5-13-7-16-15-9-14(6-12(3)4)17(10-15)18(16)8-13;1-13(2)9-17(10-14(3)4,11-15(5)6)12-16(7)8;1-11(2)15-6-13-5-14(7-15)9-16(8-13,10-15)12(3)4;1-13(2)7-10-16(11-8-14(3)4)12-9-15(5)6/h5-22H,1-4H3;5-12,14-15H,13H2,1-4H3;11-18H,5-10H2,1-4H3;13-16H,9-12H2,1-8H3;11-14H,5-10H2,1-4H3;13-15H,7-12H2,1-6H3. The Bertz CT molecular complexity index is 3520. The fourth-order valence-electron chi connectivity index (χ4n) is 25.0. The summed E-state index contributed by atoms with van der Waals surface area (Å²) >= 11 is 0. The van der Waals surface area contributed by atoms with Crippen LogP contribution in [0.15, 0.2) is 146 Å². The molecule has 6 aromatic carbocycles. The zero-order valence-corrected chi connectivity index (χ0v) is 81.8. The third kappa shape index (κ3) is 26.9. The molecule has 6 unspecified atom stereocenters. The van der Waals surface area contributed by atoms with Crippen molar-refractivity contribution in [3.05, 3.63) is 201 Å². The monoisotopic (exact) mass is 1590 g/mol. The molecule has 0 spiro atoms. The highest BCUT2D eigenvalue weighted by molar-refractivity contribution is 5.86. The lowest BCUT2D eigenvalue weighted by Crippen LogP contribution is -2.55. The van der Waals surface area contributed by atoms with E-state index in [1.165, 1.54) is 144 Å². The van der Waals surface area contributed by atoms with Crippen LogP contribution in [0, 0.1) is 129 Å². The Balaban J connectivity index is 0.000000179. The SMILES string of the molecule is CC(C)C12CC3CC(C1)CC(C(C)C)(C3)C2.CC(C)CC(CC(C)C)(CC(C)C)CC(C)C.CC(C)CC1CC2C3CC(CC(C)C)C(C3)C2C1.CC(C)CCN(CCC(C)C)CCC(C)C.CC(C)c1ccc(C2(c3ccc(C(C)C)cc3)c3ccccc3-c3ccccc32)cc1.CC(C)c1ccc(Cc2ccc(C(C)C)cc2)cc1. The molecule has 652 valence electrons. The van der Waals surface area contributed by atoms with Crippen LogP contribution in [0.1, 0.15) is 409 Å². The topological polar surface area (TPSA) is 3.24 Å². The maximum absolute atomic E-state index is 2.67. The highest BCUT2D eigenvalue weighted by Crippen LogP contribution is 2.70. The summed E-state index contributed by atoms with van der Waals surface area (Å²) in [5.41, 5.74) is 18.3. The molecule has 8 aliphatic carbocycles. The molecule has 0 saturated heterocycles. The van der Waals surface area contributed by atoms with E-state index in [2.05, 4.69) is 358 Å². The number of benzene rings is 6. The van der Waals surface area contributed by atoms with Crippen molar-refractivity contribution in [2.24, 2.45) is 129 Å². The molecule has 1 nitrogen and oxygen atoms in total. The molecule has 7 fully saturated rings. The van der Waals surface area contributed by atoms with Gasteiger partial charge in [-0.3, -0.25) is 0 Å². The molecule has 14 rings (SSSR count). The quantitative estimate of drug-likeness (QED) is 0.0419. The molecule has 6 aromatic rings. The Morgan fingerprint density at radius 1 is 0.325 bits per heavy atom. The molecule has 0 aromatic heterocycles. The van der Waals surface area contributed by atoms with Gasteiger partial charge in [-0.2, -0.15) is 0 Å². The van der Waals surface area contributed by atoms with Crippen LogP contribution in [0.25, 0.3) is 11.1 Å². The first-order valence-electron chi connectivity index (χ1n) is 49.5. The van der Waals surface area contributed by atoms with Crippen LogP contribution < -0.4 is 0 Å². The first-order valence-corrected chi connectivity index (χ1v) is 49.5. The second-order valence-electron chi connectivity index (χ2n) is 46.2. The van der Waals surface area contributed by atoms with Crippen molar-refractivity contribution in [1.82, 2.24) is 4.90 Å². The smallest absolute Gasteiger partial charge is 0.0713 e. The van der Waals surface area contributed by atoms with Crippen molar-refractivity contribution < 1.29 is 0 Å². The lowest BCUT2D eigenvalue weighted by atomic mass is 9.40. The van der Waals surface area contributed by atoms with Gasteiger partial charge in [0.05, 0.1) is 5.41 Å². The van der Waals surface area contributed by atoms with Crippen LogP contribution in [-0.4, -0.2) is 24.5 Å². The number of nitrogens with zero attached hydrogens (tertiary/aromatic N) is 1. The van der Waals surface area contributed by atoms with Crippen molar-refractivity contribution in [1.29, 1.82) is 0 Å². The Labute approximate surface area is 726 Å². The molecule has 117 heavy (non-hydrogen) atoms. The molecular formula is C116H183N. The van der Waals surface area contributed by atoms with Crippen LogP contribution in [0.2, 0.25) is 0 Å². The van der Waals surface area contributed by atoms with Crippen molar-refractivity contribution >= 4 is 0 Å². The molecular weight excluding hydrogens is 1410 g/mol. The van der Waals surface area contributed by atoms with Crippen molar-refractivity contribution in [3.8, 4) is 11.1 Å². The molecule has 0 radical (unpaired) electrons. The predicted octanol–water partition coefficient (Wildman–Crippen LogP) is 34.7. The first-order chi connectivity index (χ1) is 55.2. The zero-order chi connectivity index (χ0) is 86.0. The summed E-state index contributed by atoms with van der Waals surface area (Å²) in [4.78, 5) is 2.67. The van der Waals surface area contributed by atoms with Gasteiger partial charge in [0, 0.05) is 0 Å². The largest absolute Gasteiger partial charge is 0.303 e. The Kier molecular flexibility index (Phi) is 37.2. The summed E-state index contributed by atoms with van der Waals surface area (Å²) in [7, 11) is 0. The Hall–Kier alpha value is -4.72. The molecule has 1 heteroatoms. The maximum Gasteiger partial charge on any atom is 0.0713 e. The van der Waals surface area contributed by atoms with Gasteiger partial charge >= 0.3 is 0 Å². The molecule has 7 saturated carbocycles. The van der Waals surface area contributed by atoms with Crippen LogP contribution in [0.3, 0.4) is 0 Å². The second-order valence-corrected chi connectivity index (χ2v) is 46.2. The third-order valence-corrected chi connectivity index (χ3v) is 30.0. The van der Waals surface area contributed by atoms with E-state index in [-0.39, 0.29) is 5.41 Å². The number of hydrogen-bond acceptors (Lipinski definition) is 1. The zero-order valence-electron chi connectivity index (χ0n) is 81.8. The summed E-state index contributed by atoms with van der Waals surface area (Å²) < 4.78 is 0. The van der Waals surface area contributed by atoms with Gasteiger partial charge in [-0.05, 0) is 367 Å². The van der Waals surface area contributed by atoms with E-state index in [4.69, 9.17) is 0 Å². The Morgan fingerprint density at radius 3 is 0.974 bits per heavy atom. The summed E-state index contributed by atoms with van der Waals surface area (Å²) in [5, 5.41) is 0. The van der Waals surface area contributed by atoms with Gasteiger partial charge in [0.1, 0.15) is 0 Å². The van der Waals surface area contributed by atoms with Gasteiger partial charge < -0.3 is 4.90 Å². The summed E-state index contributed by atoms with van der Waals surface area (Å²) in [6.07, 6.45) is 29.5. The molecule has 0 amide bonds. The highest BCUT2D eigenvalue weighted by atomic mass is 15.1. The number of rotatable bonds is 31. The van der Waals surface area contributed by atoms with Crippen molar-refractivity contribution in [3.63, 3.8) is 0 Å². The minimum Gasteiger partial charge on any atom is -0.303 e. The minimum absolute atomic E-state index is 0.293. The van der Waals surface area contributed by atoms with E-state index in [0.717, 1.165) is 130 Å². The molecule has 6 bridgehead atoms. The average Bonchev–Trinajstić information content (AvgIpc) is 1.07. The van der Waals surface area contributed by atoms with E-state index >= 15 is 0 Å². The van der Waals surface area contributed by atoms with E-state index in [0.29, 0.717) is 29.1 Å². The molecule has 0 N–H and O–H groups in total. The van der Waals surface area contributed by atoms with Gasteiger partial charge in [-0.1, -0.05) is 353 Å². The molecule has 8 aliphatic rings. The highest BCUT2D eigenvalue weighted by Gasteiger charge is 2.60. The maximum atomic E-state index is 2.67. The fraction of sp³-hybridized carbons (Fsp3) is 0.690. The van der Waals surface area contributed by atoms with Crippen molar-refractivity contribution in [2.45, 2.75) is 365 Å². The normalized spacial score (nSPS) is 23.2. The number of hydrogen-bond donors (Lipinski definition) is 0. The first kappa shape index (κ1) is 97.7. The summed E-state index contributed by atoms with van der Waals surface area (Å²) in [6, 6.07) is 54.6. The van der Waals surface area contributed by atoms with Crippen LogP contribution in [-0.2, 0) is 11.8 Å². The lowest BCUT2D eigenvalue weighted by Gasteiger charge is -2.65. The molecule has 0 aliphatic heterocycles. The van der Waals surface area contributed by atoms with E-state index in [1.807, 2.05) is 0 Å². The van der Waals surface area contributed by atoms with Gasteiger partial charge in [-0.25, -0.2) is 0 Å². The van der Waals surface area contributed by atoms with Crippen LogP contribution >= 0.6 is 0 Å². The van der Waals surface area contributed by atoms with Gasteiger partial charge in [0.2, 0.25) is 0 Å². The van der Waals surface area contributed by atoms with E-state index < -0.39 is 0 Å². The van der Waals surface area contributed by atoms with Gasteiger partial charge in [0.25, 0.3) is 0 Å². The summed E-state index contributed by atoms with van der Waals surface area (Å²) in [5.74, 6) is 20.7. The van der Waals surface area contributed by atoms with Gasteiger partial charge in [-0.15, -0.1) is 0 Å². The van der Waals surface area contributed by atoms with E-state index in [9.17, 15) is 0 Å². The van der Waals surface area contributed by atoms with Crippen molar-refractivity contribution in [2.75, 3.05) is 19.6 Å². The average molecular weight is 1590 g/mol. The molecule has 0 heterocycles. The van der Waals surface area contributed by atoms with E-state index in [1.54, 1.807) is 64.2 Å².